The average molecular weight is 409 g/mol. The van der Waals surface area contributed by atoms with Gasteiger partial charge < -0.3 is 9.73 Å². The Kier molecular flexibility index (Phi) is 5.67. The van der Waals surface area contributed by atoms with Crippen molar-refractivity contribution >= 4 is 40.6 Å². The number of benzene rings is 2. The molecule has 0 aliphatic heterocycles. The van der Waals surface area contributed by atoms with E-state index in [2.05, 4.69) is 15.5 Å². The Balaban J connectivity index is 1.63. The van der Waals surface area contributed by atoms with Crippen molar-refractivity contribution in [1.29, 1.82) is 0 Å². The first-order chi connectivity index (χ1) is 12.9. The summed E-state index contributed by atoms with van der Waals surface area (Å²) < 4.78 is 18.6. The number of hydrogen-bond acceptors (Lipinski definition) is 7. The Hall–Kier alpha value is -2.98. The number of amides is 1. The number of carbonyl (C=O) groups is 1. The van der Waals surface area contributed by atoms with Crippen LogP contribution in [0, 0.1) is 15.9 Å². The molecule has 0 spiro atoms. The Morgan fingerprint density at radius 1 is 1.30 bits per heavy atom. The van der Waals surface area contributed by atoms with E-state index in [-0.39, 0.29) is 22.6 Å². The molecule has 0 atom stereocenters. The minimum atomic E-state index is -0.777. The molecule has 11 heteroatoms. The lowest BCUT2D eigenvalue weighted by atomic mass is 10.2. The lowest BCUT2D eigenvalue weighted by Gasteiger charge is -2.05. The van der Waals surface area contributed by atoms with Crippen LogP contribution >= 0.6 is 23.4 Å². The number of aromatic nitrogens is 2. The first-order valence-corrected chi connectivity index (χ1v) is 8.75. The second-order valence-electron chi connectivity index (χ2n) is 5.14. The molecule has 138 valence electrons. The predicted molar refractivity (Wildman–Crippen MR) is 97.2 cm³/mol. The molecule has 0 saturated carbocycles. The van der Waals surface area contributed by atoms with Crippen LogP contribution in [0.3, 0.4) is 0 Å². The monoisotopic (exact) mass is 408 g/mol. The summed E-state index contributed by atoms with van der Waals surface area (Å²) in [5.74, 6) is -1.20. The zero-order valence-corrected chi connectivity index (χ0v) is 15.0. The summed E-state index contributed by atoms with van der Waals surface area (Å²) >= 11 is 6.86. The summed E-state index contributed by atoms with van der Waals surface area (Å²) in [6, 6.07) is 9.72. The van der Waals surface area contributed by atoms with E-state index in [0.717, 1.165) is 30.0 Å². The highest BCUT2D eigenvalue weighted by atomic mass is 35.5. The van der Waals surface area contributed by atoms with Gasteiger partial charge in [0, 0.05) is 10.6 Å². The number of nitro groups is 1. The summed E-state index contributed by atoms with van der Waals surface area (Å²) in [6.45, 7) is 0. The van der Waals surface area contributed by atoms with Crippen LogP contribution in [0.25, 0.3) is 11.5 Å². The summed E-state index contributed by atoms with van der Waals surface area (Å²) in [7, 11) is 0. The molecule has 1 N–H and O–H groups in total. The van der Waals surface area contributed by atoms with Gasteiger partial charge >= 0.3 is 0 Å². The van der Waals surface area contributed by atoms with Crippen LogP contribution in [0.1, 0.15) is 0 Å². The number of rotatable bonds is 6. The molecule has 1 heterocycles. The van der Waals surface area contributed by atoms with Gasteiger partial charge in [0.05, 0.1) is 16.7 Å². The standard InChI is InChI=1S/C16H10ClFN4O4S/c17-10-3-1-2-9(6-10)15-20-21-16(26-15)27-8-14(23)19-12-5-4-11(18)7-13(12)22(24)25/h1-7H,8H2,(H,19,23). The lowest BCUT2D eigenvalue weighted by Crippen LogP contribution is -2.15. The predicted octanol–water partition coefficient (Wildman–Crippen LogP) is 4.17. The summed E-state index contributed by atoms with van der Waals surface area (Å²) in [6.07, 6.45) is 0. The zero-order chi connectivity index (χ0) is 19.4. The van der Waals surface area contributed by atoms with E-state index in [1.165, 1.54) is 0 Å². The van der Waals surface area contributed by atoms with Crippen molar-refractivity contribution in [2.75, 3.05) is 11.1 Å². The van der Waals surface area contributed by atoms with Gasteiger partial charge in [0.25, 0.3) is 10.9 Å². The van der Waals surface area contributed by atoms with Crippen LogP contribution in [-0.2, 0) is 4.79 Å². The fourth-order valence-electron chi connectivity index (χ4n) is 2.08. The third-order valence-corrected chi connectivity index (χ3v) is 4.29. The van der Waals surface area contributed by atoms with Crippen molar-refractivity contribution < 1.29 is 18.5 Å². The van der Waals surface area contributed by atoms with E-state index in [9.17, 15) is 19.3 Å². The van der Waals surface area contributed by atoms with Crippen LogP contribution in [0.15, 0.2) is 52.1 Å². The fourth-order valence-corrected chi connectivity index (χ4v) is 2.83. The quantitative estimate of drug-likeness (QED) is 0.370. The second-order valence-corrected chi connectivity index (χ2v) is 6.50. The highest BCUT2D eigenvalue weighted by molar-refractivity contribution is 7.99. The Labute approximate surface area is 160 Å². The van der Waals surface area contributed by atoms with Crippen molar-refractivity contribution in [2.45, 2.75) is 5.22 Å². The maximum atomic E-state index is 13.1. The largest absolute Gasteiger partial charge is 0.411 e. The van der Waals surface area contributed by atoms with Crippen LogP contribution in [0.2, 0.25) is 5.02 Å². The molecule has 1 aromatic heterocycles. The normalized spacial score (nSPS) is 10.6. The summed E-state index contributed by atoms with van der Waals surface area (Å²) in [4.78, 5) is 22.2. The molecule has 3 rings (SSSR count). The molecular weight excluding hydrogens is 399 g/mol. The van der Waals surface area contributed by atoms with Crippen molar-refractivity contribution in [3.05, 3.63) is 63.4 Å². The summed E-state index contributed by atoms with van der Waals surface area (Å²) in [5.41, 5.74) is -0.000216. The minimum Gasteiger partial charge on any atom is -0.411 e. The number of thioether (sulfide) groups is 1. The van der Waals surface area contributed by atoms with Crippen LogP contribution < -0.4 is 5.32 Å². The lowest BCUT2D eigenvalue weighted by molar-refractivity contribution is -0.384. The molecule has 2 aromatic carbocycles. The van der Waals surface area contributed by atoms with Gasteiger partial charge in [-0.3, -0.25) is 14.9 Å². The maximum absolute atomic E-state index is 13.1. The number of hydrogen-bond donors (Lipinski definition) is 1. The molecule has 0 bridgehead atoms. The number of nitro benzene ring substituents is 1. The van der Waals surface area contributed by atoms with E-state index in [1.807, 2.05) is 0 Å². The van der Waals surface area contributed by atoms with Gasteiger partial charge in [0.2, 0.25) is 11.8 Å². The molecule has 0 fully saturated rings. The molecule has 0 aliphatic rings. The maximum Gasteiger partial charge on any atom is 0.295 e. The Morgan fingerprint density at radius 2 is 2.11 bits per heavy atom. The van der Waals surface area contributed by atoms with E-state index in [0.29, 0.717) is 10.6 Å². The number of nitrogens with zero attached hydrogens (tertiary/aromatic N) is 3. The third-order valence-electron chi connectivity index (χ3n) is 3.24. The van der Waals surface area contributed by atoms with Gasteiger partial charge in [-0.2, -0.15) is 0 Å². The third kappa shape index (κ3) is 4.80. The first-order valence-electron chi connectivity index (χ1n) is 7.38. The average Bonchev–Trinajstić information content (AvgIpc) is 3.10. The van der Waals surface area contributed by atoms with Gasteiger partial charge in [0.15, 0.2) is 0 Å². The number of anilines is 1. The van der Waals surface area contributed by atoms with Crippen molar-refractivity contribution in [1.82, 2.24) is 10.2 Å². The smallest absolute Gasteiger partial charge is 0.295 e. The van der Waals surface area contributed by atoms with Gasteiger partial charge in [-0.15, -0.1) is 10.2 Å². The van der Waals surface area contributed by atoms with Crippen LogP contribution in [-0.4, -0.2) is 26.8 Å². The van der Waals surface area contributed by atoms with Crippen molar-refractivity contribution in [3.8, 4) is 11.5 Å². The zero-order valence-electron chi connectivity index (χ0n) is 13.4. The first kappa shape index (κ1) is 18.8. The number of nitrogens with one attached hydrogen (secondary N) is 1. The van der Waals surface area contributed by atoms with Crippen LogP contribution in [0.5, 0.6) is 0 Å². The van der Waals surface area contributed by atoms with Gasteiger partial charge in [-0.25, -0.2) is 4.39 Å². The molecule has 8 nitrogen and oxygen atoms in total. The fraction of sp³-hybridized carbons (Fsp3) is 0.0625. The molecule has 0 saturated heterocycles. The molecule has 0 radical (unpaired) electrons. The molecule has 1 amide bonds. The summed E-state index contributed by atoms with van der Waals surface area (Å²) in [5, 5.41) is 21.7. The van der Waals surface area contributed by atoms with Gasteiger partial charge in [-0.05, 0) is 30.3 Å². The van der Waals surface area contributed by atoms with Crippen molar-refractivity contribution in [2.24, 2.45) is 0 Å². The number of carbonyl (C=O) groups excluding carboxylic acids is 1. The Morgan fingerprint density at radius 3 is 2.85 bits per heavy atom. The molecular formula is C16H10ClFN4O4S. The second kappa shape index (κ2) is 8.14. The highest BCUT2D eigenvalue weighted by Crippen LogP contribution is 2.27. The van der Waals surface area contributed by atoms with E-state index in [4.69, 9.17) is 16.0 Å². The topological polar surface area (TPSA) is 111 Å². The Bertz CT molecular complexity index is 1010. The van der Waals surface area contributed by atoms with E-state index >= 15 is 0 Å². The minimum absolute atomic E-state index is 0.0999. The van der Waals surface area contributed by atoms with Crippen molar-refractivity contribution in [3.63, 3.8) is 0 Å². The SMILES string of the molecule is O=C(CSc1nnc(-c2cccc(Cl)c2)o1)Nc1ccc(F)cc1[N+](=O)[O-]. The molecule has 0 unspecified atom stereocenters. The molecule has 0 aliphatic carbocycles. The number of halogens is 2. The van der Waals surface area contributed by atoms with Gasteiger partial charge in [-0.1, -0.05) is 29.4 Å². The van der Waals surface area contributed by atoms with Gasteiger partial charge in [0.1, 0.15) is 11.5 Å². The molecule has 27 heavy (non-hydrogen) atoms. The van der Waals surface area contributed by atoms with E-state index in [1.54, 1.807) is 24.3 Å². The highest BCUT2D eigenvalue weighted by Gasteiger charge is 2.18. The molecule has 3 aromatic rings. The van der Waals surface area contributed by atoms with Crippen LogP contribution in [0.4, 0.5) is 15.8 Å². The van der Waals surface area contributed by atoms with E-state index < -0.39 is 22.3 Å².